The van der Waals surface area contributed by atoms with Crippen LogP contribution in [0.25, 0.3) is 0 Å². The van der Waals surface area contributed by atoms with E-state index in [9.17, 15) is 8.42 Å². The van der Waals surface area contributed by atoms with Crippen molar-refractivity contribution in [3.8, 4) is 0 Å². The summed E-state index contributed by atoms with van der Waals surface area (Å²) < 4.78 is 28.1. The number of nitrogens with zero attached hydrogens (tertiary/aromatic N) is 2. The average Bonchev–Trinajstić information content (AvgIpc) is 2.87. The summed E-state index contributed by atoms with van der Waals surface area (Å²) in [4.78, 5) is 4.11. The van der Waals surface area contributed by atoms with Crippen LogP contribution in [0.4, 0.5) is 0 Å². The lowest BCUT2D eigenvalue weighted by Gasteiger charge is -2.20. The molecule has 0 aliphatic rings. The molecule has 2 N–H and O–H groups in total. The third kappa shape index (κ3) is 5.53. The van der Waals surface area contributed by atoms with Gasteiger partial charge in [-0.25, -0.2) is 4.98 Å². The molecule has 0 amide bonds. The number of rotatable bonds is 9. The molecule has 1 atom stereocenters. The molecule has 1 heterocycles. The molecular weight excluding hydrogens is 284 g/mol. The minimum atomic E-state index is -3.45. The maximum atomic E-state index is 12.1. The van der Waals surface area contributed by atoms with Crippen LogP contribution in [-0.4, -0.2) is 44.4 Å². The van der Waals surface area contributed by atoms with E-state index in [0.29, 0.717) is 6.54 Å². The molecule has 0 bridgehead atoms. The fraction of sp³-hybridized carbons (Fsp3) is 0.727. The Hall–Kier alpha value is -0.540. The van der Waals surface area contributed by atoms with Crippen LogP contribution >= 0.6 is 11.3 Å². The van der Waals surface area contributed by atoms with E-state index in [4.69, 9.17) is 0 Å². The summed E-state index contributed by atoms with van der Waals surface area (Å²) in [5, 5.41) is 5.77. The third-order valence-electron chi connectivity index (χ3n) is 2.63. The summed E-state index contributed by atoms with van der Waals surface area (Å²) in [7, 11) is -1.86. The normalized spacial score (nSPS) is 13.9. The van der Waals surface area contributed by atoms with Crippen LogP contribution in [0.1, 0.15) is 31.3 Å². The van der Waals surface area contributed by atoms with Gasteiger partial charge in [0.15, 0.2) is 0 Å². The van der Waals surface area contributed by atoms with Crippen LogP contribution in [0.3, 0.4) is 0 Å². The molecule has 0 aromatic carbocycles. The van der Waals surface area contributed by atoms with Gasteiger partial charge >= 0.3 is 0 Å². The first-order valence-corrected chi connectivity index (χ1v) is 8.63. The fourth-order valence-electron chi connectivity index (χ4n) is 1.54. The lowest BCUT2D eigenvalue weighted by Crippen LogP contribution is -2.40. The smallest absolute Gasteiger partial charge is 0.279 e. The van der Waals surface area contributed by atoms with Gasteiger partial charge in [0.1, 0.15) is 5.01 Å². The molecule has 0 saturated heterocycles. The first kappa shape index (κ1) is 16.5. The van der Waals surface area contributed by atoms with Crippen molar-refractivity contribution in [2.75, 3.05) is 26.7 Å². The Bertz CT molecular complexity index is 447. The highest BCUT2D eigenvalue weighted by Crippen LogP contribution is 2.16. The monoisotopic (exact) mass is 306 g/mol. The quantitative estimate of drug-likeness (QED) is 0.667. The van der Waals surface area contributed by atoms with E-state index >= 15 is 0 Å². The van der Waals surface area contributed by atoms with Gasteiger partial charge in [-0.15, -0.1) is 11.3 Å². The molecule has 0 aliphatic carbocycles. The van der Waals surface area contributed by atoms with Gasteiger partial charge in [-0.2, -0.15) is 17.4 Å². The van der Waals surface area contributed by atoms with Crippen molar-refractivity contribution in [2.45, 2.75) is 26.3 Å². The molecule has 0 saturated carbocycles. The molecule has 1 rings (SSSR count). The molecule has 1 unspecified atom stereocenters. The number of hydrogen-bond donors (Lipinski definition) is 2. The minimum absolute atomic E-state index is 0.304. The Morgan fingerprint density at radius 1 is 1.53 bits per heavy atom. The van der Waals surface area contributed by atoms with Crippen LogP contribution in [-0.2, 0) is 10.2 Å². The van der Waals surface area contributed by atoms with Crippen molar-refractivity contribution in [1.82, 2.24) is 19.3 Å². The van der Waals surface area contributed by atoms with Gasteiger partial charge < -0.3 is 5.32 Å². The maximum Gasteiger partial charge on any atom is 0.279 e. The zero-order valence-electron chi connectivity index (χ0n) is 11.6. The van der Waals surface area contributed by atoms with Crippen molar-refractivity contribution in [1.29, 1.82) is 0 Å². The second-order valence-electron chi connectivity index (χ2n) is 4.24. The molecule has 0 fully saturated rings. The summed E-state index contributed by atoms with van der Waals surface area (Å²) >= 11 is 1.44. The van der Waals surface area contributed by atoms with Crippen LogP contribution in [0.5, 0.6) is 0 Å². The van der Waals surface area contributed by atoms with E-state index < -0.39 is 10.2 Å². The van der Waals surface area contributed by atoms with Gasteiger partial charge in [0.05, 0.1) is 6.04 Å². The Kier molecular flexibility index (Phi) is 6.87. The zero-order valence-corrected chi connectivity index (χ0v) is 13.2. The lowest BCUT2D eigenvalue weighted by molar-refractivity contribution is 0.439. The predicted octanol–water partition coefficient (Wildman–Crippen LogP) is 0.970. The number of aromatic nitrogens is 1. The van der Waals surface area contributed by atoms with E-state index in [-0.39, 0.29) is 6.04 Å². The van der Waals surface area contributed by atoms with Crippen LogP contribution < -0.4 is 10.0 Å². The van der Waals surface area contributed by atoms with Crippen LogP contribution in [0.15, 0.2) is 11.6 Å². The zero-order chi connectivity index (χ0) is 14.3. The Morgan fingerprint density at radius 2 is 2.26 bits per heavy atom. The summed E-state index contributed by atoms with van der Waals surface area (Å²) in [6.07, 6.45) is 2.46. The van der Waals surface area contributed by atoms with E-state index in [1.54, 1.807) is 20.2 Å². The molecule has 0 radical (unpaired) electrons. The van der Waals surface area contributed by atoms with Crippen molar-refractivity contribution in [3.63, 3.8) is 0 Å². The predicted molar refractivity (Wildman–Crippen MR) is 78.4 cm³/mol. The van der Waals surface area contributed by atoms with Crippen molar-refractivity contribution < 1.29 is 8.42 Å². The van der Waals surface area contributed by atoms with Crippen molar-refractivity contribution in [2.24, 2.45) is 0 Å². The first-order valence-electron chi connectivity index (χ1n) is 6.31. The minimum Gasteiger partial charge on any atom is -0.317 e. The topological polar surface area (TPSA) is 74.3 Å². The van der Waals surface area contributed by atoms with E-state index in [0.717, 1.165) is 24.5 Å². The number of nitrogens with one attached hydrogen (secondary N) is 2. The highest BCUT2D eigenvalue weighted by Gasteiger charge is 2.21. The maximum absolute atomic E-state index is 12.1. The first-order chi connectivity index (χ1) is 8.97. The highest BCUT2D eigenvalue weighted by atomic mass is 32.2. The largest absolute Gasteiger partial charge is 0.317 e. The summed E-state index contributed by atoms with van der Waals surface area (Å²) in [5.74, 6) is 0. The molecule has 8 heteroatoms. The Balaban J connectivity index is 2.46. The SMILES string of the molecule is CCNCCCN(C)S(=O)(=O)NC(C)c1nccs1. The van der Waals surface area contributed by atoms with Gasteiger partial charge in [0, 0.05) is 25.2 Å². The van der Waals surface area contributed by atoms with Gasteiger partial charge in [-0.1, -0.05) is 6.92 Å². The highest BCUT2D eigenvalue weighted by molar-refractivity contribution is 7.87. The van der Waals surface area contributed by atoms with E-state index in [1.165, 1.54) is 15.6 Å². The Morgan fingerprint density at radius 3 is 2.84 bits per heavy atom. The van der Waals surface area contributed by atoms with Gasteiger partial charge in [0.25, 0.3) is 10.2 Å². The molecule has 1 aromatic heterocycles. The van der Waals surface area contributed by atoms with Crippen molar-refractivity contribution >= 4 is 21.5 Å². The van der Waals surface area contributed by atoms with Crippen molar-refractivity contribution in [3.05, 3.63) is 16.6 Å². The Labute approximate surface area is 119 Å². The molecule has 0 spiro atoms. The van der Waals surface area contributed by atoms with E-state index in [2.05, 4.69) is 15.0 Å². The summed E-state index contributed by atoms with van der Waals surface area (Å²) in [6.45, 7) is 6.03. The third-order valence-corrected chi connectivity index (χ3v) is 5.25. The van der Waals surface area contributed by atoms with Gasteiger partial charge in [-0.3, -0.25) is 0 Å². The average molecular weight is 306 g/mol. The van der Waals surface area contributed by atoms with Gasteiger partial charge in [0.2, 0.25) is 0 Å². The standard InChI is InChI=1S/C11H22N4O2S2/c1-4-12-6-5-8-15(3)19(16,17)14-10(2)11-13-7-9-18-11/h7,9-10,12,14H,4-6,8H2,1-3H3. The molecule has 6 nitrogen and oxygen atoms in total. The molecule has 1 aromatic rings. The number of thiazole rings is 1. The molecule has 110 valence electrons. The van der Waals surface area contributed by atoms with Crippen LogP contribution in [0, 0.1) is 0 Å². The molecular formula is C11H22N4O2S2. The summed E-state index contributed by atoms with van der Waals surface area (Å²) in [5.41, 5.74) is 0. The second-order valence-corrected chi connectivity index (χ2v) is 6.98. The lowest BCUT2D eigenvalue weighted by atomic mass is 10.4. The van der Waals surface area contributed by atoms with Crippen LogP contribution in [0.2, 0.25) is 0 Å². The number of hydrogen-bond acceptors (Lipinski definition) is 5. The molecule has 0 aliphatic heterocycles. The fourth-order valence-corrected chi connectivity index (χ4v) is 3.36. The second kappa shape index (κ2) is 7.91. The van der Waals surface area contributed by atoms with Gasteiger partial charge in [-0.05, 0) is 26.4 Å². The summed E-state index contributed by atoms with van der Waals surface area (Å²) in [6, 6.07) is -0.304. The molecule has 19 heavy (non-hydrogen) atoms. The van der Waals surface area contributed by atoms with E-state index in [1.807, 2.05) is 12.3 Å².